The Morgan fingerprint density at radius 3 is 2.00 bits per heavy atom. The Labute approximate surface area is 164 Å². The molecule has 1 heterocycles. The minimum atomic E-state index is -0.473. The number of carbonyl (C=O) groups excluding carboxylic acids is 2. The van der Waals surface area contributed by atoms with E-state index in [1.54, 1.807) is 28.0 Å². The Balaban J connectivity index is 0.00000312. The SMILES string of the molecule is CC(C)C[C@H](N)C(=O)N1CCN(C(=O)c2cc(Cl)cc(Cl)c2)CC1.Cl. The van der Waals surface area contributed by atoms with Gasteiger partial charge in [0.25, 0.3) is 5.91 Å². The average molecular weight is 409 g/mol. The fraction of sp³-hybridized carbons (Fsp3) is 0.529. The van der Waals surface area contributed by atoms with Gasteiger partial charge in [0, 0.05) is 41.8 Å². The number of amides is 2. The molecule has 2 N–H and O–H groups in total. The number of halogens is 3. The molecule has 25 heavy (non-hydrogen) atoms. The largest absolute Gasteiger partial charge is 0.338 e. The van der Waals surface area contributed by atoms with Crippen LogP contribution in [0.25, 0.3) is 0 Å². The van der Waals surface area contributed by atoms with Gasteiger partial charge in [-0.2, -0.15) is 0 Å². The fourth-order valence-electron chi connectivity index (χ4n) is 2.83. The molecule has 0 spiro atoms. The van der Waals surface area contributed by atoms with Gasteiger partial charge in [-0.25, -0.2) is 0 Å². The molecular weight excluding hydrogens is 385 g/mol. The molecule has 2 amide bonds. The molecule has 0 aromatic heterocycles. The van der Waals surface area contributed by atoms with Crippen molar-refractivity contribution < 1.29 is 9.59 Å². The van der Waals surface area contributed by atoms with Gasteiger partial charge in [-0.1, -0.05) is 37.0 Å². The van der Waals surface area contributed by atoms with Gasteiger partial charge in [-0.05, 0) is 30.5 Å². The van der Waals surface area contributed by atoms with Gasteiger partial charge in [-0.15, -0.1) is 12.4 Å². The second-order valence-electron chi connectivity index (χ2n) is 6.51. The van der Waals surface area contributed by atoms with Gasteiger partial charge in [0.15, 0.2) is 0 Å². The van der Waals surface area contributed by atoms with Crippen LogP contribution in [0.1, 0.15) is 30.6 Å². The molecule has 0 bridgehead atoms. The molecule has 0 radical (unpaired) electrons. The highest BCUT2D eigenvalue weighted by molar-refractivity contribution is 6.35. The van der Waals surface area contributed by atoms with Crippen molar-refractivity contribution >= 4 is 47.4 Å². The van der Waals surface area contributed by atoms with Crippen molar-refractivity contribution in [2.24, 2.45) is 11.7 Å². The van der Waals surface area contributed by atoms with E-state index in [9.17, 15) is 9.59 Å². The molecule has 1 saturated heterocycles. The molecule has 0 saturated carbocycles. The van der Waals surface area contributed by atoms with Gasteiger partial charge in [0.05, 0.1) is 6.04 Å². The number of nitrogens with two attached hydrogens (primary N) is 1. The maximum Gasteiger partial charge on any atom is 0.254 e. The van der Waals surface area contributed by atoms with Crippen molar-refractivity contribution in [1.82, 2.24) is 9.80 Å². The summed E-state index contributed by atoms with van der Waals surface area (Å²) in [5, 5.41) is 0.860. The normalized spacial score (nSPS) is 15.8. The van der Waals surface area contributed by atoms with Gasteiger partial charge >= 0.3 is 0 Å². The highest BCUT2D eigenvalue weighted by Crippen LogP contribution is 2.21. The van der Waals surface area contributed by atoms with Crippen LogP contribution in [0.15, 0.2) is 18.2 Å². The number of piperazine rings is 1. The van der Waals surface area contributed by atoms with Crippen LogP contribution in [0, 0.1) is 5.92 Å². The van der Waals surface area contributed by atoms with E-state index in [1.165, 1.54) is 0 Å². The van der Waals surface area contributed by atoms with Crippen molar-refractivity contribution in [1.29, 1.82) is 0 Å². The molecule has 140 valence electrons. The van der Waals surface area contributed by atoms with Gasteiger partial charge in [-0.3, -0.25) is 9.59 Å². The smallest absolute Gasteiger partial charge is 0.254 e. The summed E-state index contributed by atoms with van der Waals surface area (Å²) in [6.45, 7) is 6.02. The van der Waals surface area contributed by atoms with E-state index in [2.05, 4.69) is 0 Å². The summed E-state index contributed by atoms with van der Waals surface area (Å²) in [7, 11) is 0. The van der Waals surface area contributed by atoms with Crippen molar-refractivity contribution in [3.63, 3.8) is 0 Å². The van der Waals surface area contributed by atoms with Gasteiger partial charge < -0.3 is 15.5 Å². The van der Waals surface area contributed by atoms with E-state index in [4.69, 9.17) is 28.9 Å². The first-order valence-corrected chi connectivity index (χ1v) is 8.83. The van der Waals surface area contributed by atoms with E-state index in [1.807, 2.05) is 13.8 Å². The predicted octanol–water partition coefficient (Wildman–Crippen LogP) is 3.07. The second-order valence-corrected chi connectivity index (χ2v) is 7.38. The third-order valence-electron chi connectivity index (χ3n) is 4.03. The van der Waals surface area contributed by atoms with E-state index in [-0.39, 0.29) is 24.2 Å². The summed E-state index contributed by atoms with van der Waals surface area (Å²) < 4.78 is 0. The Morgan fingerprint density at radius 2 is 1.52 bits per heavy atom. The van der Waals surface area contributed by atoms with Crippen LogP contribution < -0.4 is 5.73 Å². The molecule has 1 aromatic carbocycles. The number of hydrogen-bond acceptors (Lipinski definition) is 3. The number of benzene rings is 1. The third-order valence-corrected chi connectivity index (χ3v) is 4.47. The average Bonchev–Trinajstić information content (AvgIpc) is 2.52. The molecule has 8 heteroatoms. The summed E-state index contributed by atoms with van der Waals surface area (Å²) in [4.78, 5) is 28.3. The third kappa shape index (κ3) is 6.03. The first-order chi connectivity index (χ1) is 11.3. The molecular formula is C17H24Cl3N3O2. The maximum absolute atomic E-state index is 12.5. The molecule has 0 aliphatic carbocycles. The predicted molar refractivity (Wildman–Crippen MR) is 104 cm³/mol. The molecule has 1 atom stereocenters. The Hall–Kier alpha value is -1.01. The van der Waals surface area contributed by atoms with Crippen molar-refractivity contribution in [3.8, 4) is 0 Å². The summed E-state index contributed by atoms with van der Waals surface area (Å²) in [5.74, 6) is 0.207. The summed E-state index contributed by atoms with van der Waals surface area (Å²) in [6, 6.07) is 4.32. The zero-order valence-corrected chi connectivity index (χ0v) is 16.7. The van der Waals surface area contributed by atoms with Crippen molar-refractivity contribution in [3.05, 3.63) is 33.8 Å². The van der Waals surface area contributed by atoms with E-state index in [0.29, 0.717) is 54.1 Å². The van der Waals surface area contributed by atoms with E-state index < -0.39 is 6.04 Å². The highest BCUT2D eigenvalue weighted by atomic mass is 35.5. The first kappa shape index (κ1) is 22.0. The van der Waals surface area contributed by atoms with E-state index in [0.717, 1.165) is 0 Å². The van der Waals surface area contributed by atoms with Crippen LogP contribution in [-0.2, 0) is 4.79 Å². The lowest BCUT2D eigenvalue weighted by atomic mass is 10.0. The second kappa shape index (κ2) is 9.62. The zero-order chi connectivity index (χ0) is 17.9. The van der Waals surface area contributed by atoms with Crippen molar-refractivity contribution in [2.45, 2.75) is 26.3 Å². The van der Waals surface area contributed by atoms with Crippen molar-refractivity contribution in [2.75, 3.05) is 26.2 Å². The Kier molecular flexibility index (Phi) is 8.48. The quantitative estimate of drug-likeness (QED) is 0.832. The standard InChI is InChI=1S/C17H23Cl2N3O2.ClH/c1-11(2)7-15(20)17(24)22-5-3-21(4-6-22)16(23)12-8-13(18)10-14(19)9-12;/h8-11,15H,3-7,20H2,1-2H3;1H/t15-;/m0./s1. The number of nitrogens with zero attached hydrogens (tertiary/aromatic N) is 2. The van der Waals surface area contributed by atoms with Crippen LogP contribution in [0.3, 0.4) is 0 Å². The zero-order valence-electron chi connectivity index (χ0n) is 14.4. The molecule has 1 fully saturated rings. The maximum atomic E-state index is 12.5. The number of hydrogen-bond donors (Lipinski definition) is 1. The molecule has 1 aliphatic heterocycles. The first-order valence-electron chi connectivity index (χ1n) is 8.07. The fourth-order valence-corrected chi connectivity index (χ4v) is 3.36. The van der Waals surface area contributed by atoms with Gasteiger partial charge in [0.2, 0.25) is 5.91 Å². The molecule has 1 aliphatic rings. The lowest BCUT2D eigenvalue weighted by Crippen LogP contribution is -2.54. The monoisotopic (exact) mass is 407 g/mol. The molecule has 2 rings (SSSR count). The topological polar surface area (TPSA) is 66.6 Å². The van der Waals surface area contributed by atoms with Crippen LogP contribution in [0.5, 0.6) is 0 Å². The van der Waals surface area contributed by atoms with Crippen LogP contribution >= 0.6 is 35.6 Å². The minimum absolute atomic E-state index is 0. The van der Waals surface area contributed by atoms with Crippen LogP contribution in [0.2, 0.25) is 10.0 Å². The summed E-state index contributed by atoms with van der Waals surface area (Å²) in [6.07, 6.45) is 0.666. The Morgan fingerprint density at radius 1 is 1.04 bits per heavy atom. The minimum Gasteiger partial charge on any atom is -0.338 e. The molecule has 5 nitrogen and oxygen atoms in total. The van der Waals surface area contributed by atoms with Crippen LogP contribution in [-0.4, -0.2) is 53.8 Å². The summed E-state index contributed by atoms with van der Waals surface area (Å²) >= 11 is 11.9. The number of carbonyl (C=O) groups is 2. The lowest BCUT2D eigenvalue weighted by Gasteiger charge is -2.36. The van der Waals surface area contributed by atoms with Crippen LogP contribution in [0.4, 0.5) is 0 Å². The molecule has 1 aromatic rings. The Bertz CT molecular complexity index is 597. The number of rotatable bonds is 4. The highest BCUT2D eigenvalue weighted by Gasteiger charge is 2.28. The molecule has 0 unspecified atom stereocenters. The lowest BCUT2D eigenvalue weighted by molar-refractivity contribution is -0.134. The van der Waals surface area contributed by atoms with E-state index >= 15 is 0 Å². The van der Waals surface area contributed by atoms with Gasteiger partial charge in [0.1, 0.15) is 0 Å². The summed E-state index contributed by atoms with van der Waals surface area (Å²) in [5.41, 5.74) is 6.43.